The van der Waals surface area contributed by atoms with Gasteiger partial charge in [-0.2, -0.15) is 0 Å². The third kappa shape index (κ3) is 4.76. The molecule has 1 atom stereocenters. The molecule has 0 saturated carbocycles. The summed E-state index contributed by atoms with van der Waals surface area (Å²) in [5.41, 5.74) is 6.35. The molecule has 0 aromatic heterocycles. The first-order valence-corrected chi connectivity index (χ1v) is 8.08. The Morgan fingerprint density at radius 3 is 2.28 bits per heavy atom. The Labute approximate surface area is 154 Å². The zero-order valence-corrected chi connectivity index (χ0v) is 15.6. The monoisotopic (exact) mass is 371 g/mol. The number of hydrogen-bond acceptors (Lipinski definition) is 5. The normalized spacial score (nSPS) is 14.5. The standard InChI is InChI=1S/C17H25N3O4.ClH/c1-11(10-18)16(21)19-13-9-15(24-3)14(23-2)8-12(13)17(22)20-6-4-5-7-20;/h8-9,11H,4-7,10,18H2,1-3H3,(H,19,21);1H. The van der Waals surface area contributed by atoms with Gasteiger partial charge in [0.15, 0.2) is 11.5 Å². The number of hydrogen-bond donors (Lipinski definition) is 2. The molecule has 7 nitrogen and oxygen atoms in total. The minimum absolute atomic E-state index is 0. The fourth-order valence-electron chi connectivity index (χ4n) is 2.61. The maximum Gasteiger partial charge on any atom is 0.256 e. The summed E-state index contributed by atoms with van der Waals surface area (Å²) < 4.78 is 10.6. The van der Waals surface area contributed by atoms with Gasteiger partial charge in [-0.25, -0.2) is 0 Å². The van der Waals surface area contributed by atoms with E-state index in [0.29, 0.717) is 22.7 Å². The second kappa shape index (κ2) is 9.48. The van der Waals surface area contributed by atoms with Gasteiger partial charge in [-0.3, -0.25) is 9.59 Å². The molecule has 1 fully saturated rings. The molecule has 3 N–H and O–H groups in total. The van der Waals surface area contributed by atoms with E-state index in [2.05, 4.69) is 5.32 Å². The molecule has 2 rings (SSSR count). The lowest BCUT2D eigenvalue weighted by Crippen LogP contribution is -2.31. The molecular formula is C17H26ClN3O4. The van der Waals surface area contributed by atoms with Crippen LogP contribution in [0.25, 0.3) is 0 Å². The van der Waals surface area contributed by atoms with Crippen LogP contribution in [0.15, 0.2) is 12.1 Å². The van der Waals surface area contributed by atoms with Crippen molar-refractivity contribution in [2.24, 2.45) is 11.7 Å². The highest BCUT2D eigenvalue weighted by Gasteiger charge is 2.25. The molecule has 8 heteroatoms. The van der Waals surface area contributed by atoms with Crippen LogP contribution in [0.2, 0.25) is 0 Å². The lowest BCUT2D eigenvalue weighted by molar-refractivity contribution is -0.119. The van der Waals surface area contributed by atoms with Crippen LogP contribution in [0.1, 0.15) is 30.1 Å². The number of carbonyl (C=O) groups excluding carboxylic acids is 2. The smallest absolute Gasteiger partial charge is 0.256 e. The van der Waals surface area contributed by atoms with Crippen molar-refractivity contribution in [3.63, 3.8) is 0 Å². The molecule has 25 heavy (non-hydrogen) atoms. The Morgan fingerprint density at radius 2 is 1.76 bits per heavy atom. The first kappa shape index (κ1) is 21.1. The van der Waals surface area contributed by atoms with Crippen molar-refractivity contribution < 1.29 is 19.1 Å². The highest BCUT2D eigenvalue weighted by Crippen LogP contribution is 2.34. The summed E-state index contributed by atoms with van der Waals surface area (Å²) >= 11 is 0. The number of carbonyl (C=O) groups is 2. The van der Waals surface area contributed by atoms with E-state index in [1.54, 1.807) is 24.0 Å². The number of ether oxygens (including phenoxy) is 2. The van der Waals surface area contributed by atoms with Crippen molar-refractivity contribution in [1.29, 1.82) is 0 Å². The molecule has 0 radical (unpaired) electrons. The number of halogens is 1. The van der Waals surface area contributed by atoms with Crippen molar-refractivity contribution in [1.82, 2.24) is 4.90 Å². The van der Waals surface area contributed by atoms with Gasteiger partial charge in [-0.05, 0) is 18.9 Å². The molecule has 1 aliphatic rings. The van der Waals surface area contributed by atoms with E-state index in [4.69, 9.17) is 15.2 Å². The number of benzene rings is 1. The van der Waals surface area contributed by atoms with Gasteiger partial charge < -0.3 is 25.4 Å². The Morgan fingerprint density at radius 1 is 1.20 bits per heavy atom. The van der Waals surface area contributed by atoms with E-state index in [9.17, 15) is 9.59 Å². The highest BCUT2D eigenvalue weighted by molar-refractivity contribution is 6.05. The predicted molar refractivity (Wildman–Crippen MR) is 98.8 cm³/mol. The molecule has 0 aliphatic carbocycles. The number of anilines is 1. The molecule has 1 saturated heterocycles. The molecule has 1 unspecified atom stereocenters. The van der Waals surface area contributed by atoms with E-state index in [-0.39, 0.29) is 36.7 Å². The molecule has 2 amide bonds. The van der Waals surface area contributed by atoms with E-state index in [1.165, 1.54) is 14.2 Å². The Bertz CT molecular complexity index is 618. The molecule has 0 bridgehead atoms. The summed E-state index contributed by atoms with van der Waals surface area (Å²) in [5.74, 6) is 0.188. The average molecular weight is 372 g/mol. The van der Waals surface area contributed by atoms with Crippen molar-refractivity contribution >= 4 is 29.9 Å². The van der Waals surface area contributed by atoms with Gasteiger partial charge in [0, 0.05) is 31.6 Å². The van der Waals surface area contributed by atoms with Crippen molar-refractivity contribution in [2.45, 2.75) is 19.8 Å². The summed E-state index contributed by atoms with van der Waals surface area (Å²) in [5, 5.41) is 2.79. The number of methoxy groups -OCH3 is 2. The maximum absolute atomic E-state index is 12.8. The van der Waals surface area contributed by atoms with Crippen LogP contribution in [0.5, 0.6) is 11.5 Å². The van der Waals surface area contributed by atoms with Gasteiger partial charge in [0.1, 0.15) is 0 Å². The molecule has 1 heterocycles. The van der Waals surface area contributed by atoms with Crippen LogP contribution in [-0.4, -0.2) is 50.6 Å². The van der Waals surface area contributed by atoms with Crippen LogP contribution in [0, 0.1) is 5.92 Å². The largest absolute Gasteiger partial charge is 0.493 e. The maximum atomic E-state index is 12.8. The van der Waals surface area contributed by atoms with Crippen molar-refractivity contribution in [3.8, 4) is 11.5 Å². The average Bonchev–Trinajstić information content (AvgIpc) is 3.14. The zero-order valence-electron chi connectivity index (χ0n) is 14.8. The summed E-state index contributed by atoms with van der Waals surface area (Å²) in [7, 11) is 3.02. The number of amides is 2. The van der Waals surface area contributed by atoms with Gasteiger partial charge >= 0.3 is 0 Å². The lowest BCUT2D eigenvalue weighted by Gasteiger charge is -2.20. The van der Waals surface area contributed by atoms with Gasteiger partial charge in [-0.1, -0.05) is 6.92 Å². The van der Waals surface area contributed by atoms with E-state index < -0.39 is 0 Å². The minimum atomic E-state index is -0.354. The minimum Gasteiger partial charge on any atom is -0.493 e. The summed E-state index contributed by atoms with van der Waals surface area (Å²) in [6, 6.07) is 3.23. The van der Waals surface area contributed by atoms with Gasteiger partial charge in [0.05, 0.1) is 25.5 Å². The van der Waals surface area contributed by atoms with Crippen molar-refractivity contribution in [3.05, 3.63) is 17.7 Å². The Balaban J connectivity index is 0.00000312. The third-order valence-electron chi connectivity index (χ3n) is 4.21. The van der Waals surface area contributed by atoms with Crippen LogP contribution in [-0.2, 0) is 4.79 Å². The van der Waals surface area contributed by atoms with Crippen LogP contribution in [0.3, 0.4) is 0 Å². The van der Waals surface area contributed by atoms with Gasteiger partial charge in [0.25, 0.3) is 5.91 Å². The van der Waals surface area contributed by atoms with E-state index >= 15 is 0 Å². The SMILES string of the molecule is COc1cc(NC(=O)C(C)CN)c(C(=O)N2CCCC2)cc1OC.Cl. The van der Waals surface area contributed by atoms with Crippen LogP contribution in [0.4, 0.5) is 5.69 Å². The number of nitrogens with zero attached hydrogens (tertiary/aromatic N) is 1. The van der Waals surface area contributed by atoms with Crippen molar-refractivity contribution in [2.75, 3.05) is 39.2 Å². The number of nitrogens with two attached hydrogens (primary N) is 1. The van der Waals surface area contributed by atoms with E-state index in [0.717, 1.165) is 25.9 Å². The summed E-state index contributed by atoms with van der Waals surface area (Å²) in [4.78, 5) is 26.8. The first-order valence-electron chi connectivity index (χ1n) is 8.08. The predicted octanol–water partition coefficient (Wildman–Crippen LogP) is 1.89. The fraction of sp³-hybridized carbons (Fsp3) is 0.529. The number of rotatable bonds is 6. The van der Waals surface area contributed by atoms with Gasteiger partial charge in [0.2, 0.25) is 5.91 Å². The van der Waals surface area contributed by atoms with Crippen LogP contribution < -0.4 is 20.5 Å². The molecule has 0 spiro atoms. The Kier molecular flexibility index (Phi) is 7.99. The molecule has 1 aromatic rings. The highest BCUT2D eigenvalue weighted by atomic mass is 35.5. The van der Waals surface area contributed by atoms with Crippen LogP contribution >= 0.6 is 12.4 Å². The second-order valence-electron chi connectivity index (χ2n) is 5.88. The van der Waals surface area contributed by atoms with Gasteiger partial charge in [-0.15, -0.1) is 12.4 Å². The molecular weight excluding hydrogens is 346 g/mol. The van der Waals surface area contributed by atoms with E-state index in [1.807, 2.05) is 0 Å². The first-order chi connectivity index (χ1) is 11.5. The fourth-order valence-corrected chi connectivity index (χ4v) is 2.61. The molecule has 140 valence electrons. The lowest BCUT2D eigenvalue weighted by atomic mass is 10.1. The summed E-state index contributed by atoms with van der Waals surface area (Å²) in [6.07, 6.45) is 1.98. The summed E-state index contributed by atoms with van der Waals surface area (Å²) in [6.45, 7) is 3.41. The molecule has 1 aliphatic heterocycles. The molecule has 1 aromatic carbocycles. The third-order valence-corrected chi connectivity index (χ3v) is 4.21. The second-order valence-corrected chi connectivity index (χ2v) is 5.88. The Hall–Kier alpha value is -1.99. The quantitative estimate of drug-likeness (QED) is 0.796. The topological polar surface area (TPSA) is 93.9 Å². The zero-order chi connectivity index (χ0) is 17.7. The number of likely N-dealkylation sites (tertiary alicyclic amines) is 1. The number of nitrogens with one attached hydrogen (secondary N) is 1.